The van der Waals surface area contributed by atoms with Crippen LogP contribution in [0.2, 0.25) is 0 Å². The van der Waals surface area contributed by atoms with Gasteiger partial charge < -0.3 is 4.90 Å². The molecule has 2 aromatic rings. The molecule has 1 aliphatic rings. The van der Waals surface area contributed by atoms with Crippen molar-refractivity contribution in [3.8, 4) is 0 Å². The largest absolute Gasteiger partial charge is 0.366 e. The molecule has 1 atom stereocenters. The number of fused-ring (bicyclic) bond motifs is 1. The highest BCUT2D eigenvalue weighted by Crippen LogP contribution is 2.30. The first-order valence-corrected chi connectivity index (χ1v) is 6.46. The second kappa shape index (κ2) is 4.49. The summed E-state index contributed by atoms with van der Waals surface area (Å²) in [5.41, 5.74) is 2.11. The molecule has 3 nitrogen and oxygen atoms in total. The lowest BCUT2D eigenvalue weighted by atomic mass is 10.2. The van der Waals surface area contributed by atoms with Crippen LogP contribution in [0.5, 0.6) is 0 Å². The van der Waals surface area contributed by atoms with E-state index in [1.54, 1.807) is 0 Å². The molecule has 3 rings (SSSR count). The highest BCUT2D eigenvalue weighted by atomic mass is 35.5. The van der Waals surface area contributed by atoms with Gasteiger partial charge in [0.25, 0.3) is 0 Å². The van der Waals surface area contributed by atoms with E-state index < -0.39 is 0 Å². The molecule has 1 aromatic heterocycles. The molecule has 0 radical (unpaired) electrons. The van der Waals surface area contributed by atoms with Crippen LogP contribution in [0.15, 0.2) is 30.5 Å². The van der Waals surface area contributed by atoms with Crippen LogP contribution in [0.3, 0.4) is 0 Å². The molecule has 1 unspecified atom stereocenters. The SMILES string of the molecule is ClCC1CCCN1c1cnnc2ccccc12. The smallest absolute Gasteiger partial charge is 0.0950 e. The van der Waals surface area contributed by atoms with Gasteiger partial charge in [-0.1, -0.05) is 18.2 Å². The molecule has 1 saturated heterocycles. The Kier molecular flexibility index (Phi) is 2.85. The zero-order valence-electron chi connectivity index (χ0n) is 9.51. The van der Waals surface area contributed by atoms with Crippen molar-refractivity contribution >= 4 is 28.2 Å². The summed E-state index contributed by atoms with van der Waals surface area (Å²) in [5, 5.41) is 9.41. The molecular formula is C13H14ClN3. The third kappa shape index (κ3) is 1.84. The van der Waals surface area contributed by atoms with Crippen molar-refractivity contribution in [2.24, 2.45) is 0 Å². The van der Waals surface area contributed by atoms with E-state index in [1.165, 1.54) is 23.9 Å². The van der Waals surface area contributed by atoms with E-state index in [9.17, 15) is 0 Å². The van der Waals surface area contributed by atoms with E-state index in [1.807, 2.05) is 24.4 Å². The summed E-state index contributed by atoms with van der Waals surface area (Å²) in [6.45, 7) is 1.06. The topological polar surface area (TPSA) is 29.0 Å². The predicted octanol–water partition coefficient (Wildman–Crippen LogP) is 2.84. The van der Waals surface area contributed by atoms with Crippen molar-refractivity contribution < 1.29 is 0 Å². The van der Waals surface area contributed by atoms with E-state index in [2.05, 4.69) is 21.2 Å². The summed E-state index contributed by atoms with van der Waals surface area (Å²) in [7, 11) is 0. The zero-order valence-corrected chi connectivity index (χ0v) is 10.3. The van der Waals surface area contributed by atoms with Crippen molar-refractivity contribution in [1.29, 1.82) is 0 Å². The van der Waals surface area contributed by atoms with Crippen molar-refractivity contribution in [1.82, 2.24) is 10.2 Å². The number of rotatable bonds is 2. The summed E-state index contributed by atoms with van der Waals surface area (Å²) >= 11 is 6.03. The fraction of sp³-hybridized carbons (Fsp3) is 0.385. The lowest BCUT2D eigenvalue weighted by molar-refractivity contribution is 0.741. The molecule has 0 aliphatic carbocycles. The van der Waals surface area contributed by atoms with Crippen molar-refractivity contribution in [3.05, 3.63) is 30.5 Å². The van der Waals surface area contributed by atoms with Crippen LogP contribution in [0.1, 0.15) is 12.8 Å². The van der Waals surface area contributed by atoms with Crippen LogP contribution in [0.25, 0.3) is 10.9 Å². The fourth-order valence-electron chi connectivity index (χ4n) is 2.53. The van der Waals surface area contributed by atoms with Crippen LogP contribution in [-0.4, -0.2) is 28.7 Å². The fourth-order valence-corrected chi connectivity index (χ4v) is 2.86. The monoisotopic (exact) mass is 247 g/mol. The number of hydrogen-bond donors (Lipinski definition) is 0. The van der Waals surface area contributed by atoms with Gasteiger partial charge in [0.15, 0.2) is 0 Å². The number of nitrogens with zero attached hydrogens (tertiary/aromatic N) is 3. The average Bonchev–Trinajstić information content (AvgIpc) is 2.86. The quantitative estimate of drug-likeness (QED) is 0.765. The van der Waals surface area contributed by atoms with Gasteiger partial charge in [-0.2, -0.15) is 10.2 Å². The summed E-state index contributed by atoms with van der Waals surface area (Å²) in [6, 6.07) is 8.56. The third-order valence-corrected chi connectivity index (χ3v) is 3.75. The van der Waals surface area contributed by atoms with Gasteiger partial charge >= 0.3 is 0 Å². The molecule has 0 amide bonds. The number of alkyl halides is 1. The lowest BCUT2D eigenvalue weighted by Crippen LogP contribution is -2.30. The molecule has 0 saturated carbocycles. The Bertz CT molecular complexity index is 524. The molecular weight excluding hydrogens is 234 g/mol. The van der Waals surface area contributed by atoms with Crippen LogP contribution < -0.4 is 4.90 Å². The van der Waals surface area contributed by atoms with Gasteiger partial charge in [0.2, 0.25) is 0 Å². The highest BCUT2D eigenvalue weighted by molar-refractivity contribution is 6.18. The molecule has 17 heavy (non-hydrogen) atoms. The molecule has 0 spiro atoms. The molecule has 1 aliphatic heterocycles. The Morgan fingerprint density at radius 2 is 2.24 bits per heavy atom. The molecule has 0 bridgehead atoms. The van der Waals surface area contributed by atoms with Crippen LogP contribution >= 0.6 is 11.6 Å². The first-order valence-electron chi connectivity index (χ1n) is 5.93. The van der Waals surface area contributed by atoms with Gasteiger partial charge in [0.05, 0.1) is 17.4 Å². The summed E-state index contributed by atoms with van der Waals surface area (Å²) < 4.78 is 0. The van der Waals surface area contributed by atoms with Crippen molar-refractivity contribution in [2.45, 2.75) is 18.9 Å². The van der Waals surface area contributed by atoms with Gasteiger partial charge in [0.1, 0.15) is 0 Å². The van der Waals surface area contributed by atoms with E-state index in [0.29, 0.717) is 11.9 Å². The predicted molar refractivity (Wildman–Crippen MR) is 70.6 cm³/mol. The van der Waals surface area contributed by atoms with Crippen molar-refractivity contribution in [2.75, 3.05) is 17.3 Å². The van der Waals surface area contributed by atoms with Gasteiger partial charge in [0, 0.05) is 23.9 Å². The maximum absolute atomic E-state index is 6.03. The molecule has 1 fully saturated rings. The van der Waals surface area contributed by atoms with Gasteiger partial charge in [-0.15, -0.1) is 11.6 Å². The van der Waals surface area contributed by atoms with E-state index >= 15 is 0 Å². The average molecular weight is 248 g/mol. The first-order chi connectivity index (χ1) is 8.40. The molecule has 88 valence electrons. The van der Waals surface area contributed by atoms with E-state index in [0.717, 1.165) is 12.1 Å². The van der Waals surface area contributed by atoms with Crippen LogP contribution in [0, 0.1) is 0 Å². The molecule has 2 heterocycles. The molecule has 4 heteroatoms. The second-order valence-corrected chi connectivity index (χ2v) is 4.70. The van der Waals surface area contributed by atoms with Crippen LogP contribution in [-0.2, 0) is 0 Å². The minimum atomic E-state index is 0.435. The summed E-state index contributed by atoms with van der Waals surface area (Å²) in [5.74, 6) is 0.677. The normalized spacial score (nSPS) is 20.1. The Balaban J connectivity index is 2.10. The Hall–Kier alpha value is -1.35. The second-order valence-electron chi connectivity index (χ2n) is 4.39. The minimum Gasteiger partial charge on any atom is -0.366 e. The third-order valence-electron chi connectivity index (χ3n) is 3.39. The van der Waals surface area contributed by atoms with E-state index in [-0.39, 0.29) is 0 Å². The molecule has 0 N–H and O–H groups in total. The zero-order chi connectivity index (χ0) is 11.7. The summed E-state index contributed by atoms with van der Waals surface area (Å²) in [4.78, 5) is 2.37. The number of anilines is 1. The van der Waals surface area contributed by atoms with Crippen molar-refractivity contribution in [3.63, 3.8) is 0 Å². The minimum absolute atomic E-state index is 0.435. The van der Waals surface area contributed by atoms with Crippen LogP contribution in [0.4, 0.5) is 5.69 Å². The molecule has 1 aromatic carbocycles. The first kappa shape index (κ1) is 10.8. The Morgan fingerprint density at radius 1 is 1.35 bits per heavy atom. The number of benzene rings is 1. The van der Waals surface area contributed by atoms with Gasteiger partial charge in [-0.3, -0.25) is 0 Å². The van der Waals surface area contributed by atoms with Gasteiger partial charge in [-0.05, 0) is 18.9 Å². The maximum Gasteiger partial charge on any atom is 0.0950 e. The number of hydrogen-bond acceptors (Lipinski definition) is 3. The Labute approximate surface area is 105 Å². The van der Waals surface area contributed by atoms with E-state index in [4.69, 9.17) is 11.6 Å². The lowest BCUT2D eigenvalue weighted by Gasteiger charge is -2.25. The number of aromatic nitrogens is 2. The van der Waals surface area contributed by atoms with Gasteiger partial charge in [-0.25, -0.2) is 0 Å². The number of halogens is 1. The standard InChI is InChI=1S/C13H14ClN3/c14-8-10-4-3-7-17(10)13-9-15-16-12-6-2-1-5-11(12)13/h1-2,5-6,9-10H,3-4,7-8H2. The maximum atomic E-state index is 6.03. The highest BCUT2D eigenvalue weighted by Gasteiger charge is 2.25. The summed E-state index contributed by atoms with van der Waals surface area (Å²) in [6.07, 6.45) is 4.22. The Morgan fingerprint density at radius 3 is 3.12 bits per heavy atom.